The second-order valence-electron chi connectivity index (χ2n) is 3.18. The van der Waals surface area contributed by atoms with Gasteiger partial charge >= 0.3 is 0 Å². The SMILES string of the molecule is CC(Br)c1ccc2c(c1)C=CC2. The van der Waals surface area contributed by atoms with Gasteiger partial charge in [0.15, 0.2) is 0 Å². The summed E-state index contributed by atoms with van der Waals surface area (Å²) in [5.74, 6) is 0. The Morgan fingerprint density at radius 1 is 1.42 bits per heavy atom. The van der Waals surface area contributed by atoms with Crippen molar-refractivity contribution in [1.82, 2.24) is 0 Å². The minimum atomic E-state index is 0.455. The molecule has 0 amide bonds. The number of hydrogen-bond acceptors (Lipinski definition) is 0. The average molecular weight is 223 g/mol. The van der Waals surface area contributed by atoms with Crippen LogP contribution in [0.5, 0.6) is 0 Å². The maximum Gasteiger partial charge on any atom is 0.0367 e. The third kappa shape index (κ3) is 1.34. The molecule has 0 radical (unpaired) electrons. The van der Waals surface area contributed by atoms with Crippen LogP contribution in [0, 0.1) is 0 Å². The van der Waals surface area contributed by atoms with Crippen LogP contribution in [0.3, 0.4) is 0 Å². The molecule has 1 aliphatic rings. The molecule has 1 aromatic rings. The summed E-state index contributed by atoms with van der Waals surface area (Å²) in [4.78, 5) is 0.455. The fourth-order valence-electron chi connectivity index (χ4n) is 1.51. The Labute approximate surface area is 81.4 Å². The fraction of sp³-hybridized carbons (Fsp3) is 0.273. The molecule has 2 rings (SSSR count). The Morgan fingerprint density at radius 2 is 2.25 bits per heavy atom. The van der Waals surface area contributed by atoms with Crippen molar-refractivity contribution in [3.8, 4) is 0 Å². The highest BCUT2D eigenvalue weighted by Gasteiger charge is 2.07. The molecule has 0 saturated heterocycles. The summed E-state index contributed by atoms with van der Waals surface area (Å²) in [6, 6.07) is 6.69. The van der Waals surface area contributed by atoms with Crippen molar-refractivity contribution in [2.45, 2.75) is 18.2 Å². The molecule has 1 aliphatic carbocycles. The third-order valence-electron chi connectivity index (χ3n) is 2.26. The number of rotatable bonds is 1. The summed E-state index contributed by atoms with van der Waals surface area (Å²) in [5.41, 5.74) is 4.20. The highest BCUT2D eigenvalue weighted by molar-refractivity contribution is 9.09. The highest BCUT2D eigenvalue weighted by Crippen LogP contribution is 2.27. The van der Waals surface area contributed by atoms with E-state index in [0.29, 0.717) is 4.83 Å². The molecule has 0 heterocycles. The minimum absolute atomic E-state index is 0.455. The number of hydrogen-bond donors (Lipinski definition) is 0. The van der Waals surface area contributed by atoms with E-state index in [1.54, 1.807) is 0 Å². The number of fused-ring (bicyclic) bond motifs is 1. The topological polar surface area (TPSA) is 0 Å². The second-order valence-corrected chi connectivity index (χ2v) is 4.55. The first-order valence-electron chi connectivity index (χ1n) is 4.21. The molecule has 12 heavy (non-hydrogen) atoms. The van der Waals surface area contributed by atoms with Gasteiger partial charge < -0.3 is 0 Å². The first-order valence-corrected chi connectivity index (χ1v) is 5.12. The minimum Gasteiger partial charge on any atom is -0.0842 e. The van der Waals surface area contributed by atoms with Gasteiger partial charge in [0.1, 0.15) is 0 Å². The number of alkyl halides is 1. The van der Waals surface area contributed by atoms with Crippen molar-refractivity contribution < 1.29 is 0 Å². The smallest absolute Gasteiger partial charge is 0.0367 e. The first-order chi connectivity index (χ1) is 5.77. The molecule has 0 aromatic heterocycles. The Kier molecular flexibility index (Phi) is 2.05. The quantitative estimate of drug-likeness (QED) is 0.636. The molecule has 0 bridgehead atoms. The van der Waals surface area contributed by atoms with E-state index in [0.717, 1.165) is 6.42 Å². The molecule has 1 unspecified atom stereocenters. The maximum absolute atomic E-state index is 3.57. The van der Waals surface area contributed by atoms with Crippen LogP contribution in [-0.2, 0) is 6.42 Å². The van der Waals surface area contributed by atoms with Gasteiger partial charge in [-0.25, -0.2) is 0 Å². The molecule has 0 fully saturated rings. The van der Waals surface area contributed by atoms with Crippen molar-refractivity contribution in [3.63, 3.8) is 0 Å². The van der Waals surface area contributed by atoms with Crippen LogP contribution in [0.1, 0.15) is 28.4 Å². The lowest BCUT2D eigenvalue weighted by Crippen LogP contribution is -1.87. The van der Waals surface area contributed by atoms with Crippen LogP contribution in [0.2, 0.25) is 0 Å². The van der Waals surface area contributed by atoms with Crippen molar-refractivity contribution in [2.75, 3.05) is 0 Å². The zero-order valence-electron chi connectivity index (χ0n) is 7.05. The lowest BCUT2D eigenvalue weighted by molar-refractivity contribution is 1.11. The summed E-state index contributed by atoms with van der Waals surface area (Å²) in [6.45, 7) is 2.15. The summed E-state index contributed by atoms with van der Waals surface area (Å²) in [5, 5.41) is 0. The van der Waals surface area contributed by atoms with Crippen molar-refractivity contribution in [1.29, 1.82) is 0 Å². The molecule has 0 spiro atoms. The van der Waals surface area contributed by atoms with E-state index in [1.165, 1.54) is 16.7 Å². The number of halogens is 1. The number of benzene rings is 1. The molecule has 1 aromatic carbocycles. The van der Waals surface area contributed by atoms with Gasteiger partial charge in [0.05, 0.1) is 0 Å². The van der Waals surface area contributed by atoms with E-state index in [9.17, 15) is 0 Å². The zero-order valence-corrected chi connectivity index (χ0v) is 8.64. The van der Waals surface area contributed by atoms with Gasteiger partial charge in [0.2, 0.25) is 0 Å². The molecule has 62 valence electrons. The van der Waals surface area contributed by atoms with Gasteiger partial charge in [-0.2, -0.15) is 0 Å². The monoisotopic (exact) mass is 222 g/mol. The molecule has 0 aliphatic heterocycles. The standard InChI is InChI=1S/C11H11Br/c1-8(12)10-6-5-9-3-2-4-11(9)7-10/h2,4-8H,3H2,1H3. The van der Waals surface area contributed by atoms with Crippen LogP contribution in [0.25, 0.3) is 6.08 Å². The van der Waals surface area contributed by atoms with Gasteiger partial charge in [-0.1, -0.05) is 46.3 Å². The first kappa shape index (κ1) is 8.06. The fourth-order valence-corrected chi connectivity index (χ4v) is 1.80. The highest BCUT2D eigenvalue weighted by atomic mass is 79.9. The van der Waals surface area contributed by atoms with Crippen LogP contribution < -0.4 is 0 Å². The molecule has 0 saturated carbocycles. The molecular formula is C11H11Br. The molecular weight excluding hydrogens is 212 g/mol. The van der Waals surface area contributed by atoms with Crippen LogP contribution in [0.15, 0.2) is 24.3 Å². The Morgan fingerprint density at radius 3 is 3.00 bits per heavy atom. The van der Waals surface area contributed by atoms with Crippen LogP contribution >= 0.6 is 15.9 Å². The lowest BCUT2D eigenvalue weighted by atomic mass is 10.0. The van der Waals surface area contributed by atoms with E-state index < -0.39 is 0 Å². The Hall–Kier alpha value is -0.560. The van der Waals surface area contributed by atoms with Crippen molar-refractivity contribution >= 4 is 22.0 Å². The molecule has 1 heteroatoms. The summed E-state index contributed by atoms with van der Waals surface area (Å²) in [7, 11) is 0. The van der Waals surface area contributed by atoms with E-state index in [2.05, 4.69) is 53.2 Å². The maximum atomic E-state index is 3.57. The van der Waals surface area contributed by atoms with Crippen LogP contribution in [0.4, 0.5) is 0 Å². The zero-order chi connectivity index (χ0) is 8.55. The van der Waals surface area contributed by atoms with E-state index in [1.807, 2.05) is 0 Å². The normalized spacial score (nSPS) is 16.2. The number of allylic oxidation sites excluding steroid dienone is 1. The van der Waals surface area contributed by atoms with E-state index in [-0.39, 0.29) is 0 Å². The Bertz CT molecular complexity index is 324. The van der Waals surface area contributed by atoms with E-state index >= 15 is 0 Å². The van der Waals surface area contributed by atoms with E-state index in [4.69, 9.17) is 0 Å². The van der Waals surface area contributed by atoms with Gasteiger partial charge in [-0.05, 0) is 30.0 Å². The summed E-state index contributed by atoms with van der Waals surface area (Å²) < 4.78 is 0. The van der Waals surface area contributed by atoms with Gasteiger partial charge in [0, 0.05) is 4.83 Å². The van der Waals surface area contributed by atoms with Crippen molar-refractivity contribution in [3.05, 3.63) is 41.0 Å². The van der Waals surface area contributed by atoms with Crippen molar-refractivity contribution in [2.24, 2.45) is 0 Å². The molecule has 0 nitrogen and oxygen atoms in total. The lowest BCUT2D eigenvalue weighted by Gasteiger charge is -2.05. The predicted molar refractivity (Wildman–Crippen MR) is 56.5 cm³/mol. The second kappa shape index (κ2) is 3.06. The van der Waals surface area contributed by atoms with Gasteiger partial charge in [0.25, 0.3) is 0 Å². The van der Waals surface area contributed by atoms with Crippen LogP contribution in [-0.4, -0.2) is 0 Å². The predicted octanol–water partition coefficient (Wildman–Crippen LogP) is 3.71. The summed E-state index contributed by atoms with van der Waals surface area (Å²) in [6.07, 6.45) is 5.52. The average Bonchev–Trinajstić information content (AvgIpc) is 2.49. The third-order valence-corrected chi connectivity index (χ3v) is 2.79. The summed E-state index contributed by atoms with van der Waals surface area (Å²) >= 11 is 3.57. The largest absolute Gasteiger partial charge is 0.0842 e. The van der Waals surface area contributed by atoms with Gasteiger partial charge in [-0.3, -0.25) is 0 Å². The van der Waals surface area contributed by atoms with Gasteiger partial charge in [-0.15, -0.1) is 0 Å². The molecule has 0 N–H and O–H groups in total. The molecule has 1 atom stereocenters. The Balaban J connectivity index is 2.44.